The fourth-order valence-electron chi connectivity index (χ4n) is 4.62. The number of rotatable bonds is 3. The maximum absolute atomic E-state index is 2.42. The van der Waals surface area contributed by atoms with Crippen LogP contribution in [-0.2, 0) is 0 Å². The van der Waals surface area contributed by atoms with Gasteiger partial charge in [-0.25, -0.2) is 0 Å². The molecule has 5 rings (SSSR count). The summed E-state index contributed by atoms with van der Waals surface area (Å²) in [7, 11) is 0. The van der Waals surface area contributed by atoms with Gasteiger partial charge >= 0.3 is 0 Å². The van der Waals surface area contributed by atoms with E-state index in [1.807, 2.05) is 11.3 Å². The van der Waals surface area contributed by atoms with Gasteiger partial charge in [0.25, 0.3) is 0 Å². The van der Waals surface area contributed by atoms with E-state index in [1.54, 1.807) is 15.7 Å². The molecule has 0 nitrogen and oxygen atoms in total. The van der Waals surface area contributed by atoms with Crippen LogP contribution in [0, 0.1) is 6.92 Å². The van der Waals surface area contributed by atoms with Crippen molar-refractivity contribution in [3.63, 3.8) is 0 Å². The Hall–Kier alpha value is -1.51. The Morgan fingerprint density at radius 3 is 2.76 bits per heavy atom. The highest BCUT2D eigenvalue weighted by Gasteiger charge is 2.32. The molecule has 25 heavy (non-hydrogen) atoms. The highest BCUT2D eigenvalue weighted by atomic mass is 32.2. The lowest BCUT2D eigenvalue weighted by molar-refractivity contribution is 0.730. The van der Waals surface area contributed by atoms with E-state index >= 15 is 0 Å². The van der Waals surface area contributed by atoms with Gasteiger partial charge in [0.1, 0.15) is 0 Å². The SMILES string of the molecule is CC1=CC2=c3cc(C)sc3=C(CCC3C(C)=Cc4ccccc43)C2S1. The van der Waals surface area contributed by atoms with E-state index in [0.717, 1.165) is 0 Å². The Kier molecular flexibility index (Phi) is 3.62. The molecule has 0 bridgehead atoms. The molecular formula is C23H22S2. The van der Waals surface area contributed by atoms with Crippen LogP contribution in [-0.4, -0.2) is 5.25 Å². The van der Waals surface area contributed by atoms with Crippen LogP contribution in [0.1, 0.15) is 48.6 Å². The second-order valence-corrected chi connectivity index (χ2v) is 10.0. The Balaban J connectivity index is 1.49. The topological polar surface area (TPSA) is 0 Å². The summed E-state index contributed by atoms with van der Waals surface area (Å²) in [4.78, 5) is 2.91. The van der Waals surface area contributed by atoms with Gasteiger partial charge in [-0.05, 0) is 78.2 Å². The first-order valence-corrected chi connectivity index (χ1v) is 10.8. The Morgan fingerprint density at radius 1 is 1.04 bits per heavy atom. The second-order valence-electron chi connectivity index (χ2n) is 7.44. The number of hydrogen-bond donors (Lipinski definition) is 0. The highest BCUT2D eigenvalue weighted by molar-refractivity contribution is 8.04. The van der Waals surface area contributed by atoms with E-state index in [9.17, 15) is 0 Å². The summed E-state index contributed by atoms with van der Waals surface area (Å²) in [6.45, 7) is 6.81. The van der Waals surface area contributed by atoms with Gasteiger partial charge < -0.3 is 0 Å². The van der Waals surface area contributed by atoms with E-state index in [2.05, 4.69) is 75.0 Å². The lowest BCUT2D eigenvalue weighted by Crippen LogP contribution is -2.17. The summed E-state index contributed by atoms with van der Waals surface area (Å²) in [5.41, 5.74) is 7.72. The molecular weight excluding hydrogens is 340 g/mol. The van der Waals surface area contributed by atoms with Crippen LogP contribution in [0.5, 0.6) is 0 Å². The van der Waals surface area contributed by atoms with Crippen molar-refractivity contribution in [1.29, 1.82) is 0 Å². The molecule has 1 aromatic carbocycles. The predicted molar refractivity (Wildman–Crippen MR) is 112 cm³/mol. The molecule has 126 valence electrons. The molecule has 1 aliphatic heterocycles. The highest BCUT2D eigenvalue weighted by Crippen LogP contribution is 2.46. The van der Waals surface area contributed by atoms with Crippen molar-refractivity contribution in [3.05, 3.63) is 72.6 Å². The van der Waals surface area contributed by atoms with Crippen LogP contribution < -0.4 is 9.75 Å². The molecule has 0 amide bonds. The van der Waals surface area contributed by atoms with Gasteiger partial charge in [0.2, 0.25) is 0 Å². The molecule has 3 aliphatic rings. The molecule has 2 aliphatic carbocycles. The number of allylic oxidation sites excluding steroid dienone is 3. The number of thiophene rings is 1. The van der Waals surface area contributed by atoms with E-state index in [4.69, 9.17) is 0 Å². The van der Waals surface area contributed by atoms with Gasteiger partial charge in [-0.2, -0.15) is 0 Å². The van der Waals surface area contributed by atoms with Crippen molar-refractivity contribution in [3.8, 4) is 0 Å². The summed E-state index contributed by atoms with van der Waals surface area (Å²) in [5, 5.41) is 2.11. The second kappa shape index (κ2) is 5.75. The average Bonchev–Trinajstić information content (AvgIpc) is 3.27. The fourth-order valence-corrected chi connectivity index (χ4v) is 7.10. The zero-order valence-electron chi connectivity index (χ0n) is 14.9. The van der Waals surface area contributed by atoms with Crippen LogP contribution >= 0.6 is 23.1 Å². The average molecular weight is 363 g/mol. The molecule has 2 unspecified atom stereocenters. The number of aryl methyl sites for hydroxylation is 1. The normalized spacial score (nSPS) is 23.5. The van der Waals surface area contributed by atoms with E-state index in [-0.39, 0.29) is 0 Å². The smallest absolute Gasteiger partial charge is 0.0573 e. The van der Waals surface area contributed by atoms with Crippen LogP contribution in [0.4, 0.5) is 0 Å². The summed E-state index contributed by atoms with van der Waals surface area (Å²) >= 11 is 4.06. The van der Waals surface area contributed by atoms with E-state index in [1.165, 1.54) is 44.5 Å². The van der Waals surface area contributed by atoms with Crippen LogP contribution in [0.25, 0.3) is 17.2 Å². The lowest BCUT2D eigenvalue weighted by Gasteiger charge is -2.18. The molecule has 2 atom stereocenters. The largest absolute Gasteiger partial charge is 0.141 e. The first-order valence-electron chi connectivity index (χ1n) is 9.07. The molecule has 0 radical (unpaired) electrons. The fraction of sp³-hybridized carbons (Fsp3) is 0.304. The van der Waals surface area contributed by atoms with Gasteiger partial charge in [-0.3, -0.25) is 0 Å². The zero-order valence-corrected chi connectivity index (χ0v) is 16.6. The maximum Gasteiger partial charge on any atom is 0.0573 e. The van der Waals surface area contributed by atoms with Crippen molar-refractivity contribution in [1.82, 2.24) is 0 Å². The third kappa shape index (κ3) is 2.42. The first kappa shape index (κ1) is 15.7. The maximum atomic E-state index is 2.42. The van der Waals surface area contributed by atoms with Gasteiger partial charge in [0.05, 0.1) is 5.25 Å². The number of thioether (sulfide) groups is 1. The molecule has 0 saturated carbocycles. The third-order valence-electron chi connectivity index (χ3n) is 5.73. The molecule has 0 N–H and O–H groups in total. The van der Waals surface area contributed by atoms with E-state index in [0.29, 0.717) is 11.2 Å². The van der Waals surface area contributed by atoms with Crippen LogP contribution in [0.15, 0.2) is 46.9 Å². The monoisotopic (exact) mass is 362 g/mol. The van der Waals surface area contributed by atoms with Crippen molar-refractivity contribution in [2.45, 2.75) is 44.8 Å². The molecule has 1 aromatic heterocycles. The third-order valence-corrected chi connectivity index (χ3v) is 8.12. The Bertz CT molecular complexity index is 1060. The van der Waals surface area contributed by atoms with Crippen molar-refractivity contribution in [2.24, 2.45) is 0 Å². The van der Waals surface area contributed by atoms with Gasteiger partial charge in [0, 0.05) is 15.3 Å². The molecule has 2 heterocycles. The summed E-state index contributed by atoms with van der Waals surface area (Å²) in [6, 6.07) is 11.3. The minimum Gasteiger partial charge on any atom is -0.141 e. The number of hydrogen-bond acceptors (Lipinski definition) is 2. The first-order chi connectivity index (χ1) is 12.1. The molecule has 2 aromatic rings. The summed E-state index contributed by atoms with van der Waals surface area (Å²) in [5.74, 6) is 0.595. The van der Waals surface area contributed by atoms with Gasteiger partial charge in [-0.15, -0.1) is 23.1 Å². The van der Waals surface area contributed by atoms with Crippen LogP contribution in [0.2, 0.25) is 0 Å². The molecule has 2 heteroatoms. The van der Waals surface area contributed by atoms with Gasteiger partial charge in [0.15, 0.2) is 0 Å². The minimum absolute atomic E-state index is 0.586. The lowest BCUT2D eigenvalue weighted by atomic mass is 9.89. The summed E-state index contributed by atoms with van der Waals surface area (Å²) in [6.07, 6.45) is 7.24. The van der Waals surface area contributed by atoms with Crippen molar-refractivity contribution >= 4 is 40.3 Å². The quantitative estimate of drug-likeness (QED) is 0.707. The zero-order chi connectivity index (χ0) is 17.1. The van der Waals surface area contributed by atoms with Gasteiger partial charge in [-0.1, -0.05) is 35.9 Å². The molecule has 0 saturated heterocycles. The molecule has 0 fully saturated rings. The van der Waals surface area contributed by atoms with E-state index < -0.39 is 0 Å². The minimum atomic E-state index is 0.586. The van der Waals surface area contributed by atoms with Crippen molar-refractivity contribution in [2.75, 3.05) is 0 Å². The van der Waals surface area contributed by atoms with Crippen molar-refractivity contribution < 1.29 is 0 Å². The standard InChI is InChI=1S/C23H22S2/c1-13-10-16-6-4-5-7-18(16)17(13)8-9-19-22-20(11-14(2)24-22)21-12-15(3)25-23(19)21/h4-7,10-12,17,22H,8-9H2,1-3H3. The summed E-state index contributed by atoms with van der Waals surface area (Å²) < 4.78 is 1.57. The Morgan fingerprint density at radius 2 is 1.88 bits per heavy atom. The number of fused-ring (bicyclic) bond motifs is 3. The Labute approximate surface area is 157 Å². The van der Waals surface area contributed by atoms with Crippen LogP contribution in [0.3, 0.4) is 0 Å². The molecule has 0 spiro atoms. The predicted octanol–water partition coefficient (Wildman–Crippen LogP) is 5.37. The number of benzene rings is 1.